The third-order valence-electron chi connectivity index (χ3n) is 5.76. The Bertz CT molecular complexity index is 822. The molecule has 5 heteroatoms. The molecule has 0 aromatic heterocycles. The van der Waals surface area contributed by atoms with Gasteiger partial charge in [0.15, 0.2) is 5.78 Å². The Morgan fingerprint density at radius 1 is 0.886 bits per heavy atom. The fourth-order valence-corrected chi connectivity index (χ4v) is 3.74. The summed E-state index contributed by atoms with van der Waals surface area (Å²) >= 11 is 0. The molecule has 1 aromatic rings. The number of unbranched alkanes of at least 4 members (excludes halogenated alkanes) is 6. The Morgan fingerprint density at radius 3 is 2.17 bits per heavy atom. The summed E-state index contributed by atoms with van der Waals surface area (Å²) in [4.78, 5) is 23.7. The van der Waals surface area contributed by atoms with Gasteiger partial charge in [-0.15, -0.1) is 0 Å². The normalized spacial score (nSPS) is 12.7. The predicted octanol–water partition coefficient (Wildman–Crippen LogP) is 7.59. The van der Waals surface area contributed by atoms with E-state index in [2.05, 4.69) is 43.4 Å². The summed E-state index contributed by atoms with van der Waals surface area (Å²) in [6.07, 6.45) is 24.7. The van der Waals surface area contributed by atoms with Crippen molar-refractivity contribution in [1.29, 1.82) is 0 Å². The average molecular weight is 485 g/mol. The SMILES string of the molecule is CC/C=C\C/C=C\C/C=C\CCCCCCCCOC(CC)C(=O)Cc1ccc(O)c(C(=O)O)c1. The van der Waals surface area contributed by atoms with E-state index in [0.29, 0.717) is 18.6 Å². The third kappa shape index (κ3) is 14.4. The molecule has 0 aliphatic carbocycles. The van der Waals surface area contributed by atoms with Crippen LogP contribution in [0.4, 0.5) is 0 Å². The standard InChI is InChI=1S/C30H44O5/c1-3-5-6-7-8-9-10-11-12-13-14-15-16-17-18-19-22-35-29(4-2)28(32)24-25-20-21-27(31)26(23-25)30(33)34/h5-6,8-9,11-12,20-21,23,29,31H,3-4,7,10,13-19,22,24H2,1-2H3,(H,33,34)/b6-5-,9-8-,12-11-. The van der Waals surface area contributed by atoms with Crippen molar-refractivity contribution in [2.75, 3.05) is 6.61 Å². The fourth-order valence-electron chi connectivity index (χ4n) is 3.74. The van der Waals surface area contributed by atoms with Crippen molar-refractivity contribution in [2.45, 2.75) is 97.0 Å². The zero-order valence-electron chi connectivity index (χ0n) is 21.6. The summed E-state index contributed by atoms with van der Waals surface area (Å²) in [5, 5.41) is 18.7. The second-order valence-corrected chi connectivity index (χ2v) is 8.77. The molecule has 0 bridgehead atoms. The first-order valence-electron chi connectivity index (χ1n) is 13.1. The molecule has 1 atom stereocenters. The number of hydrogen-bond donors (Lipinski definition) is 2. The van der Waals surface area contributed by atoms with Crippen LogP contribution in [-0.4, -0.2) is 34.7 Å². The monoisotopic (exact) mass is 484 g/mol. The summed E-state index contributed by atoms with van der Waals surface area (Å²) < 4.78 is 5.81. The molecule has 1 unspecified atom stereocenters. The van der Waals surface area contributed by atoms with Gasteiger partial charge in [0.1, 0.15) is 17.4 Å². The molecule has 0 heterocycles. The van der Waals surface area contributed by atoms with Crippen LogP contribution >= 0.6 is 0 Å². The van der Waals surface area contributed by atoms with Crippen molar-refractivity contribution < 1.29 is 24.5 Å². The first-order valence-corrected chi connectivity index (χ1v) is 13.1. The van der Waals surface area contributed by atoms with Crippen LogP contribution in [0.1, 0.15) is 100 Å². The van der Waals surface area contributed by atoms with Crippen LogP contribution in [0.15, 0.2) is 54.7 Å². The molecule has 0 aliphatic rings. The largest absolute Gasteiger partial charge is 0.507 e. The topological polar surface area (TPSA) is 83.8 Å². The van der Waals surface area contributed by atoms with Gasteiger partial charge in [-0.2, -0.15) is 0 Å². The molecule has 0 saturated carbocycles. The Morgan fingerprint density at radius 2 is 1.51 bits per heavy atom. The number of carbonyl (C=O) groups excluding carboxylic acids is 1. The number of phenols is 1. The van der Waals surface area contributed by atoms with Gasteiger partial charge in [0.05, 0.1) is 0 Å². The highest BCUT2D eigenvalue weighted by Crippen LogP contribution is 2.20. The fraction of sp³-hybridized carbons (Fsp3) is 0.533. The molecule has 0 radical (unpaired) electrons. The molecule has 2 N–H and O–H groups in total. The van der Waals surface area contributed by atoms with Gasteiger partial charge in [0, 0.05) is 13.0 Å². The maximum absolute atomic E-state index is 12.6. The van der Waals surface area contributed by atoms with Crippen LogP contribution < -0.4 is 0 Å². The Balaban J connectivity index is 2.11. The van der Waals surface area contributed by atoms with Gasteiger partial charge in [0.25, 0.3) is 0 Å². The van der Waals surface area contributed by atoms with E-state index in [9.17, 15) is 14.7 Å². The maximum atomic E-state index is 12.6. The zero-order valence-corrected chi connectivity index (χ0v) is 21.6. The number of hydrogen-bond acceptors (Lipinski definition) is 4. The molecular weight excluding hydrogens is 440 g/mol. The van der Waals surface area contributed by atoms with Gasteiger partial charge < -0.3 is 14.9 Å². The van der Waals surface area contributed by atoms with Crippen LogP contribution in [0, 0.1) is 0 Å². The van der Waals surface area contributed by atoms with Crippen molar-refractivity contribution in [3.8, 4) is 5.75 Å². The van der Waals surface area contributed by atoms with E-state index < -0.39 is 12.1 Å². The van der Waals surface area contributed by atoms with Crippen molar-refractivity contribution in [1.82, 2.24) is 0 Å². The lowest BCUT2D eigenvalue weighted by atomic mass is 10.0. The van der Waals surface area contributed by atoms with Gasteiger partial charge in [0.2, 0.25) is 0 Å². The van der Waals surface area contributed by atoms with Crippen molar-refractivity contribution >= 4 is 11.8 Å². The van der Waals surface area contributed by atoms with E-state index in [1.807, 2.05) is 6.92 Å². The minimum absolute atomic E-state index is 0.0635. The summed E-state index contributed by atoms with van der Waals surface area (Å²) in [7, 11) is 0. The number of Topliss-reactive ketones (excluding diaryl/α,β-unsaturated/α-hetero) is 1. The number of ether oxygens (including phenoxy) is 1. The molecule has 5 nitrogen and oxygen atoms in total. The number of allylic oxidation sites excluding steroid dienone is 6. The van der Waals surface area contributed by atoms with E-state index in [0.717, 1.165) is 38.5 Å². The van der Waals surface area contributed by atoms with E-state index in [1.54, 1.807) is 6.07 Å². The number of aromatic carboxylic acids is 1. The molecule has 194 valence electrons. The van der Waals surface area contributed by atoms with Crippen molar-refractivity contribution in [3.05, 3.63) is 65.8 Å². The second kappa shape index (κ2) is 19.6. The number of carboxylic acid groups (broad SMARTS) is 1. The summed E-state index contributed by atoms with van der Waals surface area (Å²) in [5.74, 6) is -1.57. The van der Waals surface area contributed by atoms with Gasteiger partial charge in [-0.1, -0.05) is 82.1 Å². The number of carboxylic acids is 1. The van der Waals surface area contributed by atoms with Crippen LogP contribution in [0.3, 0.4) is 0 Å². The number of carbonyl (C=O) groups is 2. The first-order chi connectivity index (χ1) is 17.0. The van der Waals surface area contributed by atoms with Crippen LogP contribution in [0.5, 0.6) is 5.75 Å². The summed E-state index contributed by atoms with van der Waals surface area (Å²) in [6.45, 7) is 4.62. The van der Waals surface area contributed by atoms with Crippen LogP contribution in [-0.2, 0) is 16.0 Å². The summed E-state index contributed by atoms with van der Waals surface area (Å²) in [5.41, 5.74) is 0.377. The number of benzene rings is 1. The first kappa shape index (κ1) is 30.4. The number of aromatic hydroxyl groups is 1. The molecule has 0 aliphatic heterocycles. The highest BCUT2D eigenvalue weighted by atomic mass is 16.5. The number of ketones is 1. The smallest absolute Gasteiger partial charge is 0.339 e. The van der Waals surface area contributed by atoms with E-state index in [-0.39, 0.29) is 23.5 Å². The van der Waals surface area contributed by atoms with Gasteiger partial charge in [-0.3, -0.25) is 4.79 Å². The molecule has 1 aromatic carbocycles. The minimum atomic E-state index is -1.21. The highest BCUT2D eigenvalue weighted by Gasteiger charge is 2.19. The number of rotatable bonds is 20. The van der Waals surface area contributed by atoms with Gasteiger partial charge in [-0.05, 0) is 62.6 Å². The highest BCUT2D eigenvalue weighted by molar-refractivity contribution is 5.92. The van der Waals surface area contributed by atoms with E-state index in [4.69, 9.17) is 9.84 Å². The van der Waals surface area contributed by atoms with Crippen LogP contribution in [0.2, 0.25) is 0 Å². The molecule has 0 amide bonds. The lowest BCUT2D eigenvalue weighted by molar-refractivity contribution is -0.130. The predicted molar refractivity (Wildman–Crippen MR) is 143 cm³/mol. The quantitative estimate of drug-likeness (QED) is 0.147. The molecular formula is C30H44O5. The third-order valence-corrected chi connectivity index (χ3v) is 5.76. The van der Waals surface area contributed by atoms with E-state index >= 15 is 0 Å². The zero-order chi connectivity index (χ0) is 25.7. The molecule has 0 fully saturated rings. The average Bonchev–Trinajstić information content (AvgIpc) is 2.84. The molecule has 0 saturated heterocycles. The molecule has 0 spiro atoms. The lowest BCUT2D eigenvalue weighted by Gasteiger charge is -2.15. The van der Waals surface area contributed by atoms with Gasteiger partial charge in [-0.25, -0.2) is 4.79 Å². The van der Waals surface area contributed by atoms with Crippen molar-refractivity contribution in [2.24, 2.45) is 0 Å². The van der Waals surface area contributed by atoms with Crippen LogP contribution in [0.25, 0.3) is 0 Å². The second-order valence-electron chi connectivity index (χ2n) is 8.77. The van der Waals surface area contributed by atoms with Gasteiger partial charge >= 0.3 is 5.97 Å². The Kier molecular flexibility index (Phi) is 17.0. The van der Waals surface area contributed by atoms with Crippen molar-refractivity contribution in [3.63, 3.8) is 0 Å². The molecule has 35 heavy (non-hydrogen) atoms. The maximum Gasteiger partial charge on any atom is 0.339 e. The van der Waals surface area contributed by atoms with E-state index in [1.165, 1.54) is 37.8 Å². The Labute approximate surface area is 211 Å². The Hall–Kier alpha value is -2.66. The summed E-state index contributed by atoms with van der Waals surface area (Å²) in [6, 6.07) is 4.24. The molecule has 1 rings (SSSR count). The lowest BCUT2D eigenvalue weighted by Crippen LogP contribution is -2.25. The minimum Gasteiger partial charge on any atom is -0.507 e.